The first-order chi connectivity index (χ1) is 14.2. The number of benzene rings is 1. The lowest BCUT2D eigenvalue weighted by molar-refractivity contribution is 0.0376. The molecule has 0 unspecified atom stereocenters. The van der Waals surface area contributed by atoms with Crippen molar-refractivity contribution < 1.29 is 14.2 Å². The highest BCUT2D eigenvalue weighted by molar-refractivity contribution is 14.0. The summed E-state index contributed by atoms with van der Waals surface area (Å²) >= 11 is 0. The topological polar surface area (TPSA) is 67.4 Å². The van der Waals surface area contributed by atoms with Crippen molar-refractivity contribution in [3.63, 3.8) is 0 Å². The fourth-order valence-corrected chi connectivity index (χ4v) is 3.15. The van der Waals surface area contributed by atoms with Crippen molar-refractivity contribution in [3.05, 3.63) is 29.3 Å². The van der Waals surface area contributed by atoms with Crippen LogP contribution < -0.4 is 15.4 Å². The molecule has 1 aliphatic rings. The third-order valence-electron chi connectivity index (χ3n) is 4.77. The summed E-state index contributed by atoms with van der Waals surface area (Å²) in [5, 5.41) is 6.77. The van der Waals surface area contributed by atoms with Crippen molar-refractivity contribution in [1.29, 1.82) is 0 Å². The molecule has 1 aliphatic heterocycles. The third-order valence-corrected chi connectivity index (χ3v) is 4.77. The highest BCUT2D eigenvalue weighted by Crippen LogP contribution is 2.21. The van der Waals surface area contributed by atoms with E-state index in [9.17, 15) is 0 Å². The Morgan fingerprint density at radius 1 is 1.17 bits per heavy atom. The fraction of sp³-hybridized carbons (Fsp3) is 0.682. The van der Waals surface area contributed by atoms with Crippen LogP contribution in [0.3, 0.4) is 0 Å². The van der Waals surface area contributed by atoms with E-state index >= 15 is 0 Å². The van der Waals surface area contributed by atoms with Gasteiger partial charge < -0.3 is 24.8 Å². The van der Waals surface area contributed by atoms with E-state index < -0.39 is 0 Å². The summed E-state index contributed by atoms with van der Waals surface area (Å²) in [7, 11) is 1.71. The van der Waals surface area contributed by atoms with E-state index in [0.29, 0.717) is 19.8 Å². The van der Waals surface area contributed by atoms with E-state index in [1.54, 1.807) is 7.11 Å². The maximum atomic E-state index is 5.97. The average Bonchev–Trinajstić information content (AvgIpc) is 2.74. The molecule has 2 rings (SSSR count). The van der Waals surface area contributed by atoms with E-state index in [-0.39, 0.29) is 24.0 Å². The third kappa shape index (κ3) is 10.8. The molecule has 1 heterocycles. The number of hydrogen-bond donors (Lipinski definition) is 2. The van der Waals surface area contributed by atoms with Gasteiger partial charge in [0.1, 0.15) is 5.75 Å². The molecule has 30 heavy (non-hydrogen) atoms. The minimum atomic E-state index is 0. The zero-order chi connectivity index (χ0) is 20.7. The van der Waals surface area contributed by atoms with Gasteiger partial charge in [-0.3, -0.25) is 4.90 Å². The molecule has 0 bridgehead atoms. The molecule has 0 saturated carbocycles. The van der Waals surface area contributed by atoms with Gasteiger partial charge in [-0.1, -0.05) is 12.1 Å². The number of morpholine rings is 1. The fourth-order valence-electron chi connectivity index (χ4n) is 3.15. The van der Waals surface area contributed by atoms with Crippen molar-refractivity contribution in [2.24, 2.45) is 4.99 Å². The van der Waals surface area contributed by atoms with Gasteiger partial charge in [-0.15, -0.1) is 24.0 Å². The molecule has 2 N–H and O–H groups in total. The van der Waals surface area contributed by atoms with Gasteiger partial charge in [-0.25, -0.2) is 4.99 Å². The summed E-state index contributed by atoms with van der Waals surface area (Å²) in [5.74, 6) is 1.76. The highest BCUT2D eigenvalue weighted by atomic mass is 127. The zero-order valence-electron chi connectivity index (χ0n) is 18.7. The summed E-state index contributed by atoms with van der Waals surface area (Å²) in [6.07, 6.45) is 1.96. The van der Waals surface area contributed by atoms with Gasteiger partial charge in [0.15, 0.2) is 5.96 Å². The summed E-state index contributed by atoms with van der Waals surface area (Å²) in [5.41, 5.74) is 2.28. The normalized spacial score (nSPS) is 14.8. The van der Waals surface area contributed by atoms with Crippen LogP contribution in [0.1, 0.15) is 30.9 Å². The molecule has 0 radical (unpaired) electrons. The Labute approximate surface area is 199 Å². The number of rotatable bonds is 12. The van der Waals surface area contributed by atoms with Crippen LogP contribution in [0.25, 0.3) is 0 Å². The first kappa shape index (κ1) is 26.9. The van der Waals surface area contributed by atoms with Crippen molar-refractivity contribution in [2.75, 3.05) is 66.3 Å². The maximum Gasteiger partial charge on any atom is 0.191 e. The van der Waals surface area contributed by atoms with Crippen molar-refractivity contribution in [3.8, 4) is 5.75 Å². The highest BCUT2D eigenvalue weighted by Gasteiger charge is 2.09. The number of hydrogen-bond acceptors (Lipinski definition) is 5. The number of ether oxygens (including phenoxy) is 3. The van der Waals surface area contributed by atoms with Crippen LogP contribution in [-0.4, -0.2) is 77.1 Å². The van der Waals surface area contributed by atoms with E-state index in [1.807, 2.05) is 0 Å². The lowest BCUT2D eigenvalue weighted by Crippen LogP contribution is -2.40. The number of halogens is 1. The average molecular weight is 534 g/mol. The van der Waals surface area contributed by atoms with Crippen LogP contribution in [0.2, 0.25) is 0 Å². The van der Waals surface area contributed by atoms with E-state index in [1.165, 1.54) is 5.56 Å². The molecule has 7 nitrogen and oxygen atoms in total. The molecule has 0 spiro atoms. The van der Waals surface area contributed by atoms with Gasteiger partial charge in [0.25, 0.3) is 0 Å². The van der Waals surface area contributed by atoms with Gasteiger partial charge in [-0.2, -0.15) is 0 Å². The van der Waals surface area contributed by atoms with Crippen molar-refractivity contribution >= 4 is 29.9 Å². The molecule has 0 aromatic heterocycles. The Balaban J connectivity index is 0.00000450. The molecule has 1 aromatic rings. The predicted molar refractivity (Wildman–Crippen MR) is 133 cm³/mol. The lowest BCUT2D eigenvalue weighted by Gasteiger charge is -2.26. The summed E-state index contributed by atoms with van der Waals surface area (Å²) < 4.78 is 16.5. The number of methoxy groups -OCH3 is 1. The number of nitrogens with zero attached hydrogens (tertiary/aromatic N) is 2. The number of aryl methyl sites for hydroxylation is 1. The molecule has 1 saturated heterocycles. The Hall–Kier alpha value is -1.10. The quantitative estimate of drug-likeness (QED) is 0.186. The molecule has 172 valence electrons. The molecule has 0 aliphatic carbocycles. The number of guanidine groups is 1. The van der Waals surface area contributed by atoms with Crippen LogP contribution >= 0.6 is 24.0 Å². The van der Waals surface area contributed by atoms with Crippen LogP contribution in [0, 0.1) is 6.92 Å². The first-order valence-electron chi connectivity index (χ1n) is 10.8. The maximum absolute atomic E-state index is 5.97. The van der Waals surface area contributed by atoms with E-state index in [4.69, 9.17) is 19.2 Å². The van der Waals surface area contributed by atoms with Crippen molar-refractivity contribution in [2.45, 2.75) is 33.2 Å². The smallest absolute Gasteiger partial charge is 0.191 e. The van der Waals surface area contributed by atoms with E-state index in [2.05, 4.69) is 47.6 Å². The molecule has 1 aromatic carbocycles. The van der Waals surface area contributed by atoms with Gasteiger partial charge in [0, 0.05) is 51.9 Å². The molecule has 8 heteroatoms. The number of nitrogens with one attached hydrogen (secondary N) is 2. The summed E-state index contributed by atoms with van der Waals surface area (Å²) in [6, 6.07) is 6.29. The van der Waals surface area contributed by atoms with Crippen molar-refractivity contribution in [1.82, 2.24) is 15.5 Å². The van der Waals surface area contributed by atoms with Gasteiger partial charge in [0.2, 0.25) is 0 Å². The summed E-state index contributed by atoms with van der Waals surface area (Å²) in [4.78, 5) is 7.21. The molecule has 1 fully saturated rings. The van der Waals surface area contributed by atoms with Gasteiger partial charge in [-0.05, 0) is 38.4 Å². The summed E-state index contributed by atoms with van der Waals surface area (Å²) in [6.45, 7) is 12.7. The minimum absolute atomic E-state index is 0. The Bertz CT molecular complexity index is 610. The van der Waals surface area contributed by atoms with Crippen LogP contribution in [0.15, 0.2) is 23.2 Å². The molecule has 0 atom stereocenters. The molecular formula is C22H39IN4O3. The Morgan fingerprint density at radius 2 is 1.97 bits per heavy atom. The van der Waals surface area contributed by atoms with Crippen LogP contribution in [0.4, 0.5) is 0 Å². The van der Waals surface area contributed by atoms with Crippen LogP contribution in [-0.2, 0) is 16.0 Å². The van der Waals surface area contributed by atoms with E-state index in [0.717, 1.165) is 76.1 Å². The van der Waals surface area contributed by atoms with Gasteiger partial charge in [0.05, 0.1) is 26.4 Å². The monoisotopic (exact) mass is 534 g/mol. The SMILES string of the molecule is CCNC(=NCc1ccc(C)cc1OCCCOC)NCCCN1CCOCC1.I. The molecular weight excluding hydrogens is 495 g/mol. The Morgan fingerprint density at radius 3 is 2.70 bits per heavy atom. The largest absolute Gasteiger partial charge is 0.493 e. The lowest BCUT2D eigenvalue weighted by atomic mass is 10.1. The van der Waals surface area contributed by atoms with Gasteiger partial charge >= 0.3 is 0 Å². The second-order valence-electron chi connectivity index (χ2n) is 7.24. The zero-order valence-corrected chi connectivity index (χ0v) is 21.1. The standard InChI is InChI=1S/C22H38N4O3.HI/c1-4-23-22(24-9-5-10-26-11-15-28-16-12-26)25-18-20-8-7-19(2)17-21(20)29-14-6-13-27-3;/h7-8,17H,4-6,9-16,18H2,1-3H3,(H2,23,24,25);1H. The van der Waals surface area contributed by atoms with Crippen LogP contribution in [0.5, 0.6) is 5.75 Å². The number of aliphatic imine (C=N–C) groups is 1. The second kappa shape index (κ2) is 16.6. The minimum Gasteiger partial charge on any atom is -0.493 e. The first-order valence-corrected chi connectivity index (χ1v) is 10.8. The molecule has 0 amide bonds. The second-order valence-corrected chi connectivity index (χ2v) is 7.24. The predicted octanol–water partition coefficient (Wildman–Crippen LogP) is 2.81. The Kier molecular flexibility index (Phi) is 14.9.